The van der Waals surface area contributed by atoms with Crippen LogP contribution >= 0.6 is 11.3 Å². The van der Waals surface area contributed by atoms with Crippen LogP contribution in [0.1, 0.15) is 58.4 Å². The van der Waals surface area contributed by atoms with E-state index in [0.29, 0.717) is 19.0 Å². The molecule has 2 aromatic heterocycles. The summed E-state index contributed by atoms with van der Waals surface area (Å²) < 4.78 is 0. The number of rotatable bonds is 3. The van der Waals surface area contributed by atoms with E-state index in [4.69, 9.17) is 4.98 Å². The van der Waals surface area contributed by atoms with Gasteiger partial charge in [0.2, 0.25) is 5.91 Å². The van der Waals surface area contributed by atoms with Crippen LogP contribution < -0.4 is 0 Å². The lowest BCUT2D eigenvalue weighted by molar-refractivity contribution is -0.134. The van der Waals surface area contributed by atoms with Crippen LogP contribution in [-0.4, -0.2) is 58.8 Å². The molecule has 1 saturated carbocycles. The average Bonchev–Trinajstić information content (AvgIpc) is 3.44. The van der Waals surface area contributed by atoms with Crippen molar-refractivity contribution in [1.82, 2.24) is 19.8 Å². The minimum absolute atomic E-state index is 0.0294. The Labute approximate surface area is 163 Å². The molecule has 0 bridgehead atoms. The number of fused-ring (bicyclic) bond motifs is 1. The Hall–Kier alpha value is -2.02. The second kappa shape index (κ2) is 6.86. The van der Waals surface area contributed by atoms with Gasteiger partial charge < -0.3 is 9.80 Å². The van der Waals surface area contributed by atoms with Crippen molar-refractivity contribution in [3.05, 3.63) is 22.0 Å². The Morgan fingerprint density at radius 2 is 1.74 bits per heavy atom. The maximum atomic E-state index is 13.1. The summed E-state index contributed by atoms with van der Waals surface area (Å²) in [4.78, 5) is 40.0. The molecule has 2 amide bonds. The number of aryl methyl sites for hydroxylation is 2. The van der Waals surface area contributed by atoms with Crippen molar-refractivity contribution >= 4 is 33.4 Å². The Morgan fingerprint density at radius 1 is 1.07 bits per heavy atom. The van der Waals surface area contributed by atoms with Gasteiger partial charge in [-0.25, -0.2) is 9.97 Å². The highest BCUT2D eigenvalue weighted by Gasteiger charge is 2.32. The van der Waals surface area contributed by atoms with Gasteiger partial charge in [-0.2, -0.15) is 0 Å². The summed E-state index contributed by atoms with van der Waals surface area (Å²) in [7, 11) is 3.58. The molecule has 0 aromatic carbocycles. The van der Waals surface area contributed by atoms with Crippen LogP contribution in [0.15, 0.2) is 0 Å². The summed E-state index contributed by atoms with van der Waals surface area (Å²) in [6, 6.07) is 0. The summed E-state index contributed by atoms with van der Waals surface area (Å²) in [6.45, 7) is 5.28. The smallest absolute Gasteiger partial charge is 0.264 e. The number of carbonyl (C=O) groups excluding carboxylic acids is 2. The van der Waals surface area contributed by atoms with Crippen LogP contribution in [0.5, 0.6) is 0 Å². The van der Waals surface area contributed by atoms with Gasteiger partial charge in [0.05, 0.1) is 10.6 Å². The summed E-state index contributed by atoms with van der Waals surface area (Å²) in [5, 5.41) is 1.03. The fourth-order valence-electron chi connectivity index (χ4n) is 3.93. The van der Waals surface area contributed by atoms with Gasteiger partial charge >= 0.3 is 0 Å². The fourth-order valence-corrected chi connectivity index (χ4v) is 5.13. The first-order chi connectivity index (χ1) is 12.9. The van der Waals surface area contributed by atoms with E-state index in [2.05, 4.69) is 4.98 Å². The molecular weight excluding hydrogens is 360 g/mol. The molecule has 4 rings (SSSR count). The average molecular weight is 387 g/mol. The van der Waals surface area contributed by atoms with Gasteiger partial charge in [0.1, 0.15) is 10.7 Å². The van der Waals surface area contributed by atoms with E-state index >= 15 is 0 Å². The van der Waals surface area contributed by atoms with E-state index in [0.717, 1.165) is 45.0 Å². The first-order valence-corrected chi connectivity index (χ1v) is 10.5. The lowest BCUT2D eigenvalue weighted by Crippen LogP contribution is -2.42. The highest BCUT2D eigenvalue weighted by Crippen LogP contribution is 2.40. The third kappa shape index (κ3) is 3.33. The quantitative estimate of drug-likeness (QED) is 0.813. The van der Waals surface area contributed by atoms with Crippen molar-refractivity contribution in [3.63, 3.8) is 0 Å². The van der Waals surface area contributed by atoms with Gasteiger partial charge in [-0.15, -0.1) is 11.3 Å². The molecular formula is C20H26N4O2S. The SMILES string of the molecule is Cc1nc(C2CC2)nc2sc(C(=O)N3CCC(C(=O)N(C)C)CC3)c(C)c12. The van der Waals surface area contributed by atoms with Crippen LogP contribution in [0, 0.1) is 19.8 Å². The largest absolute Gasteiger partial charge is 0.349 e. The molecule has 2 fully saturated rings. The number of nitrogens with zero attached hydrogens (tertiary/aromatic N) is 4. The molecule has 1 aliphatic carbocycles. The number of thiophene rings is 1. The Morgan fingerprint density at radius 3 is 2.33 bits per heavy atom. The van der Waals surface area contributed by atoms with Gasteiger partial charge in [0.25, 0.3) is 5.91 Å². The Bertz CT molecular complexity index is 908. The lowest BCUT2D eigenvalue weighted by atomic mass is 9.95. The zero-order valence-corrected chi connectivity index (χ0v) is 17.2. The number of piperidine rings is 1. The highest BCUT2D eigenvalue weighted by atomic mass is 32.1. The van der Waals surface area contributed by atoms with E-state index in [1.165, 1.54) is 24.2 Å². The van der Waals surface area contributed by atoms with Crippen LogP contribution in [0.4, 0.5) is 0 Å². The standard InChI is InChI=1S/C20H26N4O2S/c1-11-15-12(2)21-17(13-5-6-13)22-18(15)27-16(11)20(26)24-9-7-14(8-10-24)19(25)23(3)4/h13-14H,5-10H2,1-4H3. The third-order valence-electron chi connectivity index (χ3n) is 5.70. The molecule has 2 aliphatic rings. The number of carbonyl (C=O) groups is 2. The summed E-state index contributed by atoms with van der Waals surface area (Å²) in [5.41, 5.74) is 1.97. The second-order valence-corrected chi connectivity index (χ2v) is 8.98. The number of amides is 2. The molecule has 144 valence electrons. The Kier molecular flexibility index (Phi) is 4.66. The topological polar surface area (TPSA) is 66.4 Å². The van der Waals surface area contributed by atoms with Gasteiger partial charge in [0.15, 0.2) is 0 Å². The zero-order valence-electron chi connectivity index (χ0n) is 16.4. The molecule has 1 saturated heterocycles. The molecule has 2 aromatic rings. The number of hydrogen-bond acceptors (Lipinski definition) is 5. The van der Waals surface area contributed by atoms with Crippen molar-refractivity contribution in [2.24, 2.45) is 5.92 Å². The molecule has 0 atom stereocenters. The molecule has 0 unspecified atom stereocenters. The molecule has 7 heteroatoms. The molecule has 3 heterocycles. The van der Waals surface area contributed by atoms with Gasteiger partial charge in [-0.1, -0.05) is 0 Å². The van der Waals surface area contributed by atoms with Crippen molar-refractivity contribution < 1.29 is 9.59 Å². The summed E-state index contributed by atoms with van der Waals surface area (Å²) in [5.74, 6) is 1.70. The second-order valence-electron chi connectivity index (χ2n) is 7.98. The lowest BCUT2D eigenvalue weighted by Gasteiger charge is -2.32. The predicted molar refractivity (Wildman–Crippen MR) is 106 cm³/mol. The normalized spacial score (nSPS) is 18.1. The maximum absolute atomic E-state index is 13.1. The molecule has 27 heavy (non-hydrogen) atoms. The van der Waals surface area contributed by atoms with Crippen LogP contribution in [0.3, 0.4) is 0 Å². The van der Waals surface area contributed by atoms with Crippen molar-refractivity contribution in [3.8, 4) is 0 Å². The number of hydrogen-bond donors (Lipinski definition) is 0. The van der Waals surface area contributed by atoms with Crippen molar-refractivity contribution in [2.75, 3.05) is 27.2 Å². The van der Waals surface area contributed by atoms with Gasteiger partial charge in [-0.3, -0.25) is 9.59 Å². The van der Waals surface area contributed by atoms with E-state index in [1.807, 2.05) is 18.7 Å². The summed E-state index contributed by atoms with van der Waals surface area (Å²) >= 11 is 1.49. The first-order valence-electron chi connectivity index (χ1n) is 9.65. The summed E-state index contributed by atoms with van der Waals surface area (Å²) in [6.07, 6.45) is 3.80. The molecule has 1 aliphatic heterocycles. The van der Waals surface area contributed by atoms with E-state index in [9.17, 15) is 9.59 Å². The number of likely N-dealkylation sites (tertiary alicyclic amines) is 1. The van der Waals surface area contributed by atoms with Crippen molar-refractivity contribution in [1.29, 1.82) is 0 Å². The van der Waals surface area contributed by atoms with Gasteiger partial charge in [0, 0.05) is 44.4 Å². The first kappa shape index (κ1) is 18.3. The minimum atomic E-state index is 0.0294. The van der Waals surface area contributed by atoms with E-state index in [-0.39, 0.29) is 17.7 Å². The molecule has 0 spiro atoms. The van der Waals surface area contributed by atoms with Gasteiger partial charge in [-0.05, 0) is 45.1 Å². The van der Waals surface area contributed by atoms with E-state index in [1.54, 1.807) is 19.0 Å². The number of aromatic nitrogens is 2. The molecule has 6 nitrogen and oxygen atoms in total. The zero-order chi connectivity index (χ0) is 19.3. The fraction of sp³-hybridized carbons (Fsp3) is 0.600. The van der Waals surface area contributed by atoms with E-state index < -0.39 is 0 Å². The Balaban J connectivity index is 1.56. The monoisotopic (exact) mass is 386 g/mol. The predicted octanol–water partition coefficient (Wildman–Crippen LogP) is 3.13. The van der Waals surface area contributed by atoms with Crippen LogP contribution in [-0.2, 0) is 4.79 Å². The molecule has 0 radical (unpaired) electrons. The van der Waals surface area contributed by atoms with Crippen LogP contribution in [0.2, 0.25) is 0 Å². The maximum Gasteiger partial charge on any atom is 0.264 e. The molecule has 0 N–H and O–H groups in total. The van der Waals surface area contributed by atoms with Crippen molar-refractivity contribution in [2.45, 2.75) is 45.4 Å². The minimum Gasteiger partial charge on any atom is -0.349 e. The third-order valence-corrected chi connectivity index (χ3v) is 6.87. The highest BCUT2D eigenvalue weighted by molar-refractivity contribution is 7.20. The van der Waals surface area contributed by atoms with Crippen LogP contribution in [0.25, 0.3) is 10.2 Å².